The lowest BCUT2D eigenvalue weighted by Gasteiger charge is -2.12. The lowest BCUT2D eigenvalue weighted by Crippen LogP contribution is -2.23. The summed E-state index contributed by atoms with van der Waals surface area (Å²) in [4.78, 5) is 23.6. The summed E-state index contributed by atoms with van der Waals surface area (Å²) in [7, 11) is 0. The Bertz CT molecular complexity index is 922. The lowest BCUT2D eigenvalue weighted by atomic mass is 10.1. The van der Waals surface area contributed by atoms with E-state index in [1.54, 1.807) is 42.5 Å². The molecule has 0 bridgehead atoms. The van der Waals surface area contributed by atoms with Crippen molar-refractivity contribution in [2.75, 3.05) is 0 Å². The number of benzene rings is 3. The number of hydrogen-bond donors (Lipinski definition) is 2. The molecule has 0 aromatic heterocycles. The van der Waals surface area contributed by atoms with Crippen molar-refractivity contribution in [3.05, 3.63) is 101 Å². The van der Waals surface area contributed by atoms with Gasteiger partial charge in [-0.3, -0.25) is 9.59 Å². The molecule has 0 aliphatic rings. The number of primary amides is 1. The molecular weight excluding hydrogens is 340 g/mol. The first-order chi connectivity index (χ1) is 13.1. The molecule has 0 fully saturated rings. The van der Waals surface area contributed by atoms with E-state index in [2.05, 4.69) is 5.32 Å². The van der Waals surface area contributed by atoms with E-state index in [-0.39, 0.29) is 12.5 Å². The molecular formula is C22H20N2O3. The Morgan fingerprint density at radius 1 is 0.815 bits per heavy atom. The predicted octanol–water partition coefficient (Wildman–Crippen LogP) is 3.29. The molecule has 3 aromatic carbocycles. The number of nitrogens with two attached hydrogens (primary N) is 1. The fraction of sp³-hybridized carbons (Fsp3) is 0.0909. The molecule has 0 radical (unpaired) electrons. The minimum absolute atomic E-state index is 0.196. The largest absolute Gasteiger partial charge is 0.488 e. The van der Waals surface area contributed by atoms with Crippen molar-refractivity contribution in [3.8, 4) is 5.75 Å². The smallest absolute Gasteiger partial charge is 0.255 e. The van der Waals surface area contributed by atoms with E-state index in [1.807, 2.05) is 36.4 Å². The summed E-state index contributed by atoms with van der Waals surface area (Å²) < 4.78 is 5.82. The third-order valence-electron chi connectivity index (χ3n) is 4.06. The molecule has 27 heavy (non-hydrogen) atoms. The highest BCUT2D eigenvalue weighted by Gasteiger charge is 2.12. The van der Waals surface area contributed by atoms with E-state index in [9.17, 15) is 9.59 Å². The van der Waals surface area contributed by atoms with E-state index < -0.39 is 5.91 Å². The van der Waals surface area contributed by atoms with Crippen molar-refractivity contribution in [1.82, 2.24) is 5.32 Å². The monoisotopic (exact) mass is 360 g/mol. The predicted molar refractivity (Wildman–Crippen MR) is 103 cm³/mol. The number of nitrogens with one attached hydrogen (secondary N) is 1. The first-order valence-corrected chi connectivity index (χ1v) is 8.56. The standard InChI is InChI=1S/C22H20N2O3/c23-21(25)18-12-10-17(11-13-18)15-27-20-9-5-4-8-19(20)22(26)24-14-16-6-2-1-3-7-16/h1-13H,14-15H2,(H2,23,25)(H,24,26). The minimum atomic E-state index is -0.470. The van der Waals surface area contributed by atoms with Crippen LogP contribution >= 0.6 is 0 Å². The Labute approximate surface area is 157 Å². The molecule has 0 atom stereocenters. The van der Waals surface area contributed by atoms with Gasteiger partial charge < -0.3 is 15.8 Å². The molecule has 3 rings (SSSR count). The van der Waals surface area contributed by atoms with Crippen LogP contribution in [0, 0.1) is 0 Å². The molecule has 0 aliphatic carbocycles. The number of para-hydroxylation sites is 1. The van der Waals surface area contributed by atoms with Gasteiger partial charge in [0.05, 0.1) is 5.56 Å². The van der Waals surface area contributed by atoms with E-state index in [0.29, 0.717) is 23.4 Å². The molecule has 3 N–H and O–H groups in total. The average Bonchev–Trinajstić information content (AvgIpc) is 2.71. The first-order valence-electron chi connectivity index (χ1n) is 8.56. The Morgan fingerprint density at radius 2 is 1.48 bits per heavy atom. The van der Waals surface area contributed by atoms with Crippen LogP contribution in [-0.2, 0) is 13.2 Å². The number of rotatable bonds is 7. The first kappa shape index (κ1) is 18.2. The van der Waals surface area contributed by atoms with Crippen LogP contribution in [0.3, 0.4) is 0 Å². The van der Waals surface area contributed by atoms with E-state index in [4.69, 9.17) is 10.5 Å². The molecule has 0 spiro atoms. The summed E-state index contributed by atoms with van der Waals surface area (Å²) in [6.45, 7) is 0.727. The Morgan fingerprint density at radius 3 is 2.19 bits per heavy atom. The van der Waals surface area contributed by atoms with Crippen LogP contribution in [0.25, 0.3) is 0 Å². The number of carbonyl (C=O) groups is 2. The van der Waals surface area contributed by atoms with Crippen molar-refractivity contribution in [3.63, 3.8) is 0 Å². The molecule has 0 saturated carbocycles. The van der Waals surface area contributed by atoms with Gasteiger partial charge in [0.2, 0.25) is 5.91 Å². The third kappa shape index (κ3) is 4.95. The van der Waals surface area contributed by atoms with Crippen LogP contribution in [0.15, 0.2) is 78.9 Å². The van der Waals surface area contributed by atoms with Crippen molar-refractivity contribution >= 4 is 11.8 Å². The highest BCUT2D eigenvalue weighted by atomic mass is 16.5. The lowest BCUT2D eigenvalue weighted by molar-refractivity contribution is 0.0945. The maximum atomic E-state index is 12.5. The fourth-order valence-electron chi connectivity index (χ4n) is 2.58. The number of carbonyl (C=O) groups excluding carboxylic acids is 2. The quantitative estimate of drug-likeness (QED) is 0.678. The number of amides is 2. The minimum Gasteiger partial charge on any atom is -0.488 e. The second-order valence-electron chi connectivity index (χ2n) is 6.01. The summed E-state index contributed by atoms with van der Waals surface area (Å²) in [6.07, 6.45) is 0. The van der Waals surface area contributed by atoms with Gasteiger partial charge in [-0.15, -0.1) is 0 Å². The molecule has 3 aromatic rings. The van der Waals surface area contributed by atoms with Crippen LogP contribution < -0.4 is 15.8 Å². The SMILES string of the molecule is NC(=O)c1ccc(COc2ccccc2C(=O)NCc2ccccc2)cc1. The molecule has 0 aliphatic heterocycles. The number of hydrogen-bond acceptors (Lipinski definition) is 3. The van der Waals surface area contributed by atoms with Gasteiger partial charge in [-0.2, -0.15) is 0 Å². The molecule has 5 nitrogen and oxygen atoms in total. The van der Waals surface area contributed by atoms with E-state index in [0.717, 1.165) is 11.1 Å². The van der Waals surface area contributed by atoms with Crippen molar-refractivity contribution < 1.29 is 14.3 Å². The summed E-state index contributed by atoms with van der Waals surface area (Å²) in [5, 5.41) is 2.90. The number of ether oxygens (including phenoxy) is 1. The fourth-order valence-corrected chi connectivity index (χ4v) is 2.58. The summed E-state index contributed by atoms with van der Waals surface area (Å²) in [6, 6.07) is 23.7. The topological polar surface area (TPSA) is 81.4 Å². The molecule has 0 heterocycles. The zero-order valence-electron chi connectivity index (χ0n) is 14.7. The van der Waals surface area contributed by atoms with Crippen molar-refractivity contribution in [2.24, 2.45) is 5.73 Å². The summed E-state index contributed by atoms with van der Waals surface area (Å²) in [5.74, 6) is -0.163. The highest BCUT2D eigenvalue weighted by molar-refractivity contribution is 5.96. The van der Waals surface area contributed by atoms with Gasteiger partial charge in [0.25, 0.3) is 5.91 Å². The summed E-state index contributed by atoms with van der Waals surface area (Å²) in [5.41, 5.74) is 8.06. The Balaban J connectivity index is 1.64. The molecule has 5 heteroatoms. The Kier molecular flexibility index (Phi) is 5.84. The maximum Gasteiger partial charge on any atom is 0.255 e. The van der Waals surface area contributed by atoms with Crippen LogP contribution in [0.2, 0.25) is 0 Å². The van der Waals surface area contributed by atoms with Crippen molar-refractivity contribution in [1.29, 1.82) is 0 Å². The van der Waals surface area contributed by atoms with Gasteiger partial charge in [-0.05, 0) is 35.4 Å². The second kappa shape index (κ2) is 8.67. The third-order valence-corrected chi connectivity index (χ3v) is 4.06. The zero-order chi connectivity index (χ0) is 19.1. The highest BCUT2D eigenvalue weighted by Crippen LogP contribution is 2.19. The van der Waals surface area contributed by atoms with Crippen LogP contribution in [-0.4, -0.2) is 11.8 Å². The molecule has 2 amide bonds. The van der Waals surface area contributed by atoms with Crippen LogP contribution in [0.4, 0.5) is 0 Å². The van der Waals surface area contributed by atoms with E-state index >= 15 is 0 Å². The van der Waals surface area contributed by atoms with Gasteiger partial charge in [-0.25, -0.2) is 0 Å². The Hall–Kier alpha value is -3.60. The van der Waals surface area contributed by atoms with Crippen molar-refractivity contribution in [2.45, 2.75) is 13.2 Å². The zero-order valence-corrected chi connectivity index (χ0v) is 14.7. The second-order valence-corrected chi connectivity index (χ2v) is 6.01. The average molecular weight is 360 g/mol. The maximum absolute atomic E-state index is 12.5. The molecule has 136 valence electrons. The van der Waals surface area contributed by atoms with Crippen LogP contribution in [0.1, 0.15) is 31.8 Å². The van der Waals surface area contributed by atoms with Crippen LogP contribution in [0.5, 0.6) is 5.75 Å². The molecule has 0 unspecified atom stereocenters. The van der Waals surface area contributed by atoms with Gasteiger partial charge >= 0.3 is 0 Å². The molecule has 0 saturated heterocycles. The normalized spacial score (nSPS) is 10.2. The van der Waals surface area contributed by atoms with Gasteiger partial charge in [0.1, 0.15) is 12.4 Å². The summed E-state index contributed by atoms with van der Waals surface area (Å²) >= 11 is 0. The van der Waals surface area contributed by atoms with Gasteiger partial charge in [0.15, 0.2) is 0 Å². The van der Waals surface area contributed by atoms with Gasteiger partial charge in [-0.1, -0.05) is 54.6 Å². The van der Waals surface area contributed by atoms with Gasteiger partial charge in [0, 0.05) is 12.1 Å². The van der Waals surface area contributed by atoms with E-state index in [1.165, 1.54) is 0 Å².